The lowest BCUT2D eigenvalue weighted by molar-refractivity contribution is -0.292. The summed E-state index contributed by atoms with van der Waals surface area (Å²) in [6.07, 6.45) is 13.0. The number of carbonyl (C=O) groups is 1. The molecule has 31 heavy (non-hydrogen) atoms. The average molecular weight is 445 g/mol. The molecular formula is C24H44O7. The molecule has 182 valence electrons. The Kier molecular flexibility index (Phi) is 15.9. The van der Waals surface area contributed by atoms with E-state index in [9.17, 15) is 20.1 Å². The molecule has 1 fully saturated rings. The van der Waals surface area contributed by atoms with E-state index >= 15 is 0 Å². The number of esters is 1. The molecule has 4 N–H and O–H groups in total. The molecule has 5 atom stereocenters. The zero-order valence-corrected chi connectivity index (χ0v) is 19.2. The minimum atomic E-state index is -1.55. The second-order valence-corrected chi connectivity index (χ2v) is 8.52. The predicted molar refractivity (Wildman–Crippen MR) is 119 cm³/mol. The summed E-state index contributed by atoms with van der Waals surface area (Å²) in [6, 6.07) is 0. The number of aliphatic hydroxyl groups is 4. The molecule has 0 radical (unpaired) electrons. The summed E-state index contributed by atoms with van der Waals surface area (Å²) >= 11 is 0. The van der Waals surface area contributed by atoms with Gasteiger partial charge in [0.1, 0.15) is 24.4 Å². The number of rotatable bonds is 17. The van der Waals surface area contributed by atoms with E-state index in [4.69, 9.17) is 14.6 Å². The summed E-state index contributed by atoms with van der Waals surface area (Å²) in [7, 11) is 0. The van der Waals surface area contributed by atoms with Gasteiger partial charge in [-0.1, -0.05) is 70.4 Å². The monoisotopic (exact) mass is 444 g/mol. The molecule has 1 heterocycles. The van der Waals surface area contributed by atoms with E-state index in [1.54, 1.807) is 0 Å². The normalized spacial score (nSPS) is 26.4. The van der Waals surface area contributed by atoms with E-state index in [-0.39, 0.29) is 6.42 Å². The molecule has 0 saturated carbocycles. The van der Waals surface area contributed by atoms with Crippen molar-refractivity contribution >= 4 is 5.97 Å². The smallest absolute Gasteiger partial charge is 0.308 e. The fourth-order valence-corrected chi connectivity index (χ4v) is 3.69. The van der Waals surface area contributed by atoms with Crippen LogP contribution < -0.4 is 0 Å². The summed E-state index contributed by atoms with van der Waals surface area (Å²) in [5.74, 6) is -0.526. The highest BCUT2D eigenvalue weighted by molar-refractivity contribution is 5.69. The van der Waals surface area contributed by atoms with Gasteiger partial charge in [0, 0.05) is 6.42 Å². The average Bonchev–Trinajstić information content (AvgIpc) is 2.76. The molecule has 7 heteroatoms. The van der Waals surface area contributed by atoms with Gasteiger partial charge in [-0.05, 0) is 32.1 Å². The van der Waals surface area contributed by atoms with E-state index in [1.807, 2.05) is 0 Å². The highest BCUT2D eigenvalue weighted by atomic mass is 16.7. The SMILES string of the molecule is CCCCCCCC/C=C\CCCCCCCC(=O)OC1O[C@H](CO)[C@@H](O)[C@H](O)[C@H]1O. The standard InChI is InChI=1S/C24H44O7/c1-2-3-4-5-6-7-8-9-10-11-12-13-14-15-16-17-20(26)31-24-23(29)22(28)21(27)19(18-25)30-24/h9-10,19,21-25,27-29H,2-8,11-18H2,1H3/b10-9-/t19-,21-,22+,23-,24?/m1/s1. The van der Waals surface area contributed by atoms with Crippen LogP contribution in [0.3, 0.4) is 0 Å². The third-order valence-corrected chi connectivity index (χ3v) is 5.74. The van der Waals surface area contributed by atoms with Crippen molar-refractivity contribution in [2.45, 2.75) is 128 Å². The van der Waals surface area contributed by atoms with Crippen LogP contribution in [0, 0.1) is 0 Å². The molecular weight excluding hydrogens is 400 g/mol. The van der Waals surface area contributed by atoms with Crippen LogP contribution in [0.4, 0.5) is 0 Å². The predicted octanol–water partition coefficient (Wildman–Crippen LogP) is 3.37. The van der Waals surface area contributed by atoms with Gasteiger partial charge in [-0.25, -0.2) is 0 Å². The number of hydrogen-bond donors (Lipinski definition) is 4. The third kappa shape index (κ3) is 12.0. The second-order valence-electron chi connectivity index (χ2n) is 8.52. The molecule has 1 saturated heterocycles. The second kappa shape index (κ2) is 17.6. The quantitative estimate of drug-likeness (QED) is 0.154. The van der Waals surface area contributed by atoms with Crippen molar-refractivity contribution in [2.75, 3.05) is 6.61 Å². The zero-order chi connectivity index (χ0) is 22.9. The Morgan fingerprint density at radius 1 is 0.806 bits per heavy atom. The maximum absolute atomic E-state index is 11.9. The molecule has 0 aromatic rings. The van der Waals surface area contributed by atoms with Gasteiger partial charge in [-0.2, -0.15) is 0 Å². The van der Waals surface area contributed by atoms with Crippen molar-refractivity contribution in [1.29, 1.82) is 0 Å². The van der Waals surface area contributed by atoms with Gasteiger partial charge in [0.2, 0.25) is 6.29 Å². The number of allylic oxidation sites excluding steroid dienone is 2. The summed E-state index contributed by atoms with van der Waals surface area (Å²) < 4.78 is 10.2. The maximum atomic E-state index is 11.9. The molecule has 0 aromatic heterocycles. The summed E-state index contributed by atoms with van der Waals surface area (Å²) in [4.78, 5) is 11.9. The molecule has 0 amide bonds. The van der Waals surface area contributed by atoms with E-state index in [0.717, 1.165) is 32.1 Å². The number of carbonyl (C=O) groups excluding carboxylic acids is 1. The highest BCUT2D eigenvalue weighted by Crippen LogP contribution is 2.22. The molecule has 1 rings (SSSR count). The van der Waals surface area contributed by atoms with Gasteiger partial charge in [0.25, 0.3) is 0 Å². The Morgan fingerprint density at radius 3 is 1.94 bits per heavy atom. The van der Waals surface area contributed by atoms with Crippen molar-refractivity contribution < 1.29 is 34.7 Å². The molecule has 1 aliphatic rings. The molecule has 0 spiro atoms. The van der Waals surface area contributed by atoms with Crippen molar-refractivity contribution in [2.24, 2.45) is 0 Å². The highest BCUT2D eigenvalue weighted by Gasteiger charge is 2.45. The van der Waals surface area contributed by atoms with Gasteiger partial charge in [0.05, 0.1) is 6.61 Å². The Bertz CT molecular complexity index is 481. The first-order chi connectivity index (χ1) is 15.0. The van der Waals surface area contributed by atoms with E-state index in [1.165, 1.54) is 44.9 Å². The molecule has 7 nitrogen and oxygen atoms in total. The van der Waals surface area contributed by atoms with Crippen molar-refractivity contribution in [1.82, 2.24) is 0 Å². The minimum absolute atomic E-state index is 0.202. The van der Waals surface area contributed by atoms with Crippen LogP contribution >= 0.6 is 0 Å². The van der Waals surface area contributed by atoms with Crippen LogP contribution in [0.15, 0.2) is 12.2 Å². The van der Waals surface area contributed by atoms with Crippen molar-refractivity contribution in [3.63, 3.8) is 0 Å². The van der Waals surface area contributed by atoms with Crippen LogP contribution in [0.5, 0.6) is 0 Å². The fourth-order valence-electron chi connectivity index (χ4n) is 3.69. The van der Waals surface area contributed by atoms with E-state index in [2.05, 4.69) is 19.1 Å². The molecule has 1 unspecified atom stereocenters. The largest absolute Gasteiger partial charge is 0.433 e. The van der Waals surface area contributed by atoms with Gasteiger partial charge in [-0.15, -0.1) is 0 Å². The van der Waals surface area contributed by atoms with Crippen molar-refractivity contribution in [3.05, 3.63) is 12.2 Å². The van der Waals surface area contributed by atoms with E-state index in [0.29, 0.717) is 6.42 Å². The molecule has 1 aliphatic heterocycles. The zero-order valence-electron chi connectivity index (χ0n) is 19.2. The number of hydrogen-bond acceptors (Lipinski definition) is 7. The fraction of sp³-hybridized carbons (Fsp3) is 0.875. The van der Waals surface area contributed by atoms with Gasteiger partial charge >= 0.3 is 5.97 Å². The Morgan fingerprint density at radius 2 is 1.35 bits per heavy atom. The number of ether oxygens (including phenoxy) is 2. The third-order valence-electron chi connectivity index (χ3n) is 5.74. The Balaban J connectivity index is 1.99. The summed E-state index contributed by atoms with van der Waals surface area (Å²) in [6.45, 7) is 1.69. The van der Waals surface area contributed by atoms with E-state index < -0.39 is 43.3 Å². The lowest BCUT2D eigenvalue weighted by Gasteiger charge is -2.39. The summed E-state index contributed by atoms with van der Waals surface area (Å²) in [5, 5.41) is 38.5. The Labute approximate surface area is 187 Å². The van der Waals surface area contributed by atoms with Crippen LogP contribution in [0.25, 0.3) is 0 Å². The van der Waals surface area contributed by atoms with Crippen LogP contribution in [-0.2, 0) is 14.3 Å². The van der Waals surface area contributed by atoms with Crippen LogP contribution in [0.1, 0.15) is 96.8 Å². The van der Waals surface area contributed by atoms with Crippen LogP contribution in [0.2, 0.25) is 0 Å². The first-order valence-corrected chi connectivity index (χ1v) is 12.2. The topological polar surface area (TPSA) is 116 Å². The van der Waals surface area contributed by atoms with Gasteiger partial charge < -0.3 is 29.9 Å². The van der Waals surface area contributed by atoms with Crippen LogP contribution in [-0.4, -0.2) is 63.7 Å². The first kappa shape index (κ1) is 28.0. The first-order valence-electron chi connectivity index (χ1n) is 12.2. The lowest BCUT2D eigenvalue weighted by Crippen LogP contribution is -2.59. The van der Waals surface area contributed by atoms with Crippen molar-refractivity contribution in [3.8, 4) is 0 Å². The summed E-state index contributed by atoms with van der Waals surface area (Å²) in [5.41, 5.74) is 0. The molecule has 0 aromatic carbocycles. The molecule has 0 aliphatic carbocycles. The lowest BCUT2D eigenvalue weighted by atomic mass is 9.99. The van der Waals surface area contributed by atoms with Gasteiger partial charge in [-0.3, -0.25) is 4.79 Å². The number of unbranched alkanes of at least 4 members (excludes halogenated alkanes) is 11. The minimum Gasteiger partial charge on any atom is -0.433 e. The molecule has 0 bridgehead atoms. The Hall–Kier alpha value is -0.990. The number of aliphatic hydroxyl groups excluding tert-OH is 4. The van der Waals surface area contributed by atoms with Gasteiger partial charge in [0.15, 0.2) is 0 Å². The maximum Gasteiger partial charge on any atom is 0.308 e.